The number of rotatable bonds is 2. The topological polar surface area (TPSA) is 60.3 Å². The summed E-state index contributed by atoms with van der Waals surface area (Å²) in [4.78, 5) is 0. The molecule has 0 atom stereocenters. The number of nitriles is 1. The Bertz CT molecular complexity index is 2540. The Labute approximate surface area is 259 Å². The quantitative estimate of drug-likeness (QED) is 0.203. The van der Waals surface area contributed by atoms with E-state index in [9.17, 15) is 5.26 Å². The molecule has 5 heteroatoms. The van der Waals surface area contributed by atoms with Crippen LogP contribution in [-0.2, 0) is 0 Å². The zero-order valence-corrected chi connectivity index (χ0v) is 24.7. The van der Waals surface area contributed by atoms with Gasteiger partial charge in [-0.05, 0) is 71.8 Å². The molecule has 0 N–H and O–H groups in total. The summed E-state index contributed by atoms with van der Waals surface area (Å²) in [6.07, 6.45) is 0. The first-order chi connectivity index (χ1) is 22.0. The van der Waals surface area contributed by atoms with Crippen molar-refractivity contribution in [1.29, 1.82) is 5.26 Å². The monoisotopic (exact) mass is 582 g/mol. The average molecular weight is 583 g/mol. The smallest absolute Gasteiger partial charge is 0.245 e. The van der Waals surface area contributed by atoms with Crippen LogP contribution in [0.15, 0.2) is 126 Å². The van der Waals surface area contributed by atoms with Crippen LogP contribution in [0.4, 0.5) is 0 Å². The van der Waals surface area contributed by atoms with E-state index in [2.05, 4.69) is 65.2 Å². The summed E-state index contributed by atoms with van der Waals surface area (Å²) in [7, 11) is 0. The van der Waals surface area contributed by atoms with Gasteiger partial charge in [-0.3, -0.25) is 0 Å². The van der Waals surface area contributed by atoms with Gasteiger partial charge >= 0.3 is 0 Å². The van der Waals surface area contributed by atoms with Crippen LogP contribution < -0.4 is 9.47 Å². The molecule has 45 heavy (non-hydrogen) atoms. The van der Waals surface area contributed by atoms with Crippen LogP contribution in [0.2, 0.25) is 0 Å². The van der Waals surface area contributed by atoms with E-state index in [1.165, 1.54) is 0 Å². The van der Waals surface area contributed by atoms with E-state index in [-0.39, 0.29) is 0 Å². The normalized spacial score (nSPS) is 13.6. The number of hydrogen-bond acceptors (Lipinski definition) is 4. The lowest BCUT2D eigenvalue weighted by molar-refractivity contribution is -0.0778. The van der Waals surface area contributed by atoms with Gasteiger partial charge in [0.25, 0.3) is 0 Å². The van der Waals surface area contributed by atoms with Crippen LogP contribution >= 0.6 is 0 Å². The van der Waals surface area contributed by atoms with Gasteiger partial charge in [-0.2, -0.15) is 5.26 Å². The van der Waals surface area contributed by atoms with Crippen LogP contribution in [0.1, 0.15) is 19.4 Å². The molecular formula is C40H26N2O3. The van der Waals surface area contributed by atoms with Crippen LogP contribution in [0.5, 0.6) is 11.5 Å². The van der Waals surface area contributed by atoms with Crippen LogP contribution in [0.25, 0.3) is 71.7 Å². The Hall–Kier alpha value is -5.99. The minimum absolute atomic E-state index is 0.640. The Balaban J connectivity index is 1.25. The van der Waals surface area contributed by atoms with E-state index >= 15 is 0 Å². The highest BCUT2D eigenvalue weighted by molar-refractivity contribution is 6.13. The Morgan fingerprint density at radius 2 is 1.38 bits per heavy atom. The van der Waals surface area contributed by atoms with Crippen molar-refractivity contribution in [3.8, 4) is 45.5 Å². The molecule has 3 heterocycles. The molecule has 1 aliphatic rings. The molecule has 1 aliphatic heterocycles. The fourth-order valence-corrected chi connectivity index (χ4v) is 6.84. The van der Waals surface area contributed by atoms with Gasteiger partial charge in [-0.1, -0.05) is 54.6 Å². The third kappa shape index (κ3) is 3.86. The summed E-state index contributed by atoms with van der Waals surface area (Å²) < 4.78 is 21.5. The van der Waals surface area contributed by atoms with Crippen molar-refractivity contribution in [2.75, 3.05) is 0 Å². The number of hydrogen-bond donors (Lipinski definition) is 0. The molecule has 2 aromatic heterocycles. The van der Waals surface area contributed by atoms with E-state index in [1.54, 1.807) is 0 Å². The lowest BCUT2D eigenvalue weighted by Gasteiger charge is -2.26. The summed E-state index contributed by atoms with van der Waals surface area (Å²) in [6, 6.07) is 43.5. The van der Waals surface area contributed by atoms with Crippen molar-refractivity contribution < 1.29 is 13.9 Å². The molecule has 9 rings (SSSR count). The van der Waals surface area contributed by atoms with Gasteiger partial charge in [0.15, 0.2) is 0 Å². The zero-order valence-electron chi connectivity index (χ0n) is 24.7. The SMILES string of the molecule is CC1(C)Oc2cc(-n3c4ccccc4c4cc(C#N)ccc43)ccc2-c2cc(-c3cccc4oc5ccccc5c34)ccc2O1. The first-order valence-electron chi connectivity index (χ1n) is 15.0. The van der Waals surface area contributed by atoms with Gasteiger partial charge in [0, 0.05) is 58.3 Å². The highest BCUT2D eigenvalue weighted by Gasteiger charge is 2.30. The lowest BCUT2D eigenvalue weighted by atomic mass is 9.95. The van der Waals surface area contributed by atoms with Crippen molar-refractivity contribution in [3.05, 3.63) is 127 Å². The molecule has 6 aromatic carbocycles. The fourth-order valence-electron chi connectivity index (χ4n) is 6.84. The molecule has 214 valence electrons. The number of furan rings is 1. The summed E-state index contributed by atoms with van der Waals surface area (Å²) in [5.41, 5.74) is 9.53. The van der Waals surface area contributed by atoms with E-state index in [4.69, 9.17) is 13.9 Å². The van der Waals surface area contributed by atoms with Gasteiger partial charge in [-0.25, -0.2) is 0 Å². The highest BCUT2D eigenvalue weighted by Crippen LogP contribution is 2.47. The van der Waals surface area contributed by atoms with E-state index < -0.39 is 5.79 Å². The first kappa shape index (κ1) is 25.5. The van der Waals surface area contributed by atoms with Gasteiger partial charge in [0.1, 0.15) is 22.7 Å². The Morgan fingerprint density at radius 1 is 0.600 bits per heavy atom. The van der Waals surface area contributed by atoms with Crippen LogP contribution in [0.3, 0.4) is 0 Å². The van der Waals surface area contributed by atoms with E-state index in [0.717, 1.165) is 83.2 Å². The number of fused-ring (bicyclic) bond motifs is 9. The summed E-state index contributed by atoms with van der Waals surface area (Å²) >= 11 is 0. The molecule has 0 saturated heterocycles. The second-order valence-corrected chi connectivity index (χ2v) is 12.0. The first-order valence-corrected chi connectivity index (χ1v) is 15.0. The van der Waals surface area contributed by atoms with Crippen molar-refractivity contribution >= 4 is 43.7 Å². The zero-order chi connectivity index (χ0) is 30.3. The maximum atomic E-state index is 9.57. The van der Waals surface area contributed by atoms with Gasteiger partial charge < -0.3 is 18.5 Å². The molecule has 0 unspecified atom stereocenters. The lowest BCUT2D eigenvalue weighted by Crippen LogP contribution is -2.34. The molecule has 0 aliphatic carbocycles. The second-order valence-electron chi connectivity index (χ2n) is 12.0. The van der Waals surface area contributed by atoms with E-state index in [0.29, 0.717) is 5.56 Å². The van der Waals surface area contributed by atoms with Crippen molar-refractivity contribution in [2.45, 2.75) is 19.6 Å². The molecule has 8 aromatic rings. The molecule has 5 nitrogen and oxygen atoms in total. The number of benzene rings is 6. The number of ether oxygens (including phenoxy) is 2. The molecule has 0 amide bonds. The predicted octanol–water partition coefficient (Wildman–Crippen LogP) is 10.4. The molecule has 0 radical (unpaired) electrons. The van der Waals surface area contributed by atoms with Crippen LogP contribution in [-0.4, -0.2) is 10.4 Å². The van der Waals surface area contributed by atoms with Crippen molar-refractivity contribution in [3.63, 3.8) is 0 Å². The average Bonchev–Trinajstić information content (AvgIpc) is 3.56. The molecule has 0 saturated carbocycles. The van der Waals surface area contributed by atoms with Crippen LogP contribution in [0, 0.1) is 11.3 Å². The summed E-state index contributed by atoms with van der Waals surface area (Å²) in [5, 5.41) is 13.9. The summed E-state index contributed by atoms with van der Waals surface area (Å²) in [5.74, 6) is 0.601. The fraction of sp³-hybridized carbons (Fsp3) is 0.0750. The Morgan fingerprint density at radius 3 is 2.27 bits per heavy atom. The minimum atomic E-state index is -0.899. The Kier molecular flexibility index (Phi) is 5.24. The molecule has 0 spiro atoms. The largest absolute Gasteiger partial charge is 0.456 e. The van der Waals surface area contributed by atoms with Gasteiger partial charge in [0.2, 0.25) is 5.79 Å². The number of aromatic nitrogens is 1. The highest BCUT2D eigenvalue weighted by atomic mass is 16.7. The number of nitrogens with zero attached hydrogens (tertiary/aromatic N) is 2. The standard InChI is InChI=1S/C40H26N2O3/c1-40(2)44-36-19-15-25(27-10-7-13-37-39(27)30-9-4-6-12-35(30)43-37)21-32(36)29-17-16-26(22-38(29)45-40)42-33-11-5-3-8-28(33)31-20-24(23-41)14-18-34(31)42/h3-22H,1-2H3. The van der Waals surface area contributed by atoms with Gasteiger partial charge in [-0.15, -0.1) is 0 Å². The van der Waals surface area contributed by atoms with E-state index in [1.807, 2.05) is 80.6 Å². The molecular weight excluding hydrogens is 556 g/mol. The third-order valence-corrected chi connectivity index (χ3v) is 8.72. The maximum Gasteiger partial charge on any atom is 0.245 e. The maximum absolute atomic E-state index is 9.57. The van der Waals surface area contributed by atoms with Crippen molar-refractivity contribution in [1.82, 2.24) is 4.57 Å². The second kappa shape index (κ2) is 9.25. The minimum Gasteiger partial charge on any atom is -0.456 e. The van der Waals surface area contributed by atoms with Gasteiger partial charge in [0.05, 0.1) is 22.7 Å². The third-order valence-electron chi connectivity index (χ3n) is 8.72. The number of para-hydroxylation sites is 2. The molecule has 0 fully saturated rings. The summed E-state index contributed by atoms with van der Waals surface area (Å²) in [6.45, 7) is 3.88. The molecule has 0 bridgehead atoms. The van der Waals surface area contributed by atoms with Crippen molar-refractivity contribution in [2.24, 2.45) is 0 Å². The predicted molar refractivity (Wildman–Crippen MR) is 179 cm³/mol.